The molecule has 2 aromatic carbocycles. The first-order valence-electron chi connectivity index (χ1n) is 10.8. The van der Waals surface area contributed by atoms with Crippen LogP contribution in [0.1, 0.15) is 33.6 Å². The Morgan fingerprint density at radius 1 is 1.15 bits per heavy atom. The van der Waals surface area contributed by atoms with E-state index in [1.807, 2.05) is 24.3 Å². The van der Waals surface area contributed by atoms with Gasteiger partial charge in [0.2, 0.25) is 11.8 Å². The number of hydrogen-bond acceptors (Lipinski definition) is 7. The summed E-state index contributed by atoms with van der Waals surface area (Å²) in [4.78, 5) is 31.8. The number of aromatic hydroxyl groups is 1. The summed E-state index contributed by atoms with van der Waals surface area (Å²) < 4.78 is 5.19. The summed E-state index contributed by atoms with van der Waals surface area (Å²) in [5, 5.41) is 16.5. The van der Waals surface area contributed by atoms with Crippen LogP contribution in [0.5, 0.6) is 11.6 Å². The molecule has 0 spiro atoms. The molecule has 172 valence electrons. The Hall–Kier alpha value is -3.59. The number of benzene rings is 2. The minimum Gasteiger partial charge on any atom is -0.497 e. The Bertz CT molecular complexity index is 1120. The molecule has 9 heteroatoms. The van der Waals surface area contributed by atoms with Crippen LogP contribution in [-0.4, -0.2) is 42.1 Å². The molecule has 2 heterocycles. The monoisotopic (exact) mass is 466 g/mol. The van der Waals surface area contributed by atoms with Crippen molar-refractivity contribution in [1.82, 2.24) is 10.3 Å². The first-order chi connectivity index (χ1) is 16.0. The number of nitrogens with zero attached hydrogens (tertiary/aromatic N) is 2. The largest absolute Gasteiger partial charge is 0.497 e. The Labute approximate surface area is 196 Å². The minimum absolute atomic E-state index is 0.0418. The highest BCUT2D eigenvalue weighted by molar-refractivity contribution is 7.16. The van der Waals surface area contributed by atoms with Crippen LogP contribution in [0.4, 0.5) is 10.8 Å². The second-order valence-corrected chi connectivity index (χ2v) is 8.84. The zero-order valence-electron chi connectivity index (χ0n) is 18.3. The van der Waals surface area contributed by atoms with Crippen molar-refractivity contribution < 1.29 is 19.4 Å². The number of anilines is 2. The lowest BCUT2D eigenvalue weighted by atomic mass is 10.1. The highest BCUT2D eigenvalue weighted by atomic mass is 32.1. The fraction of sp³-hybridized carbons (Fsp3) is 0.292. The number of carbonyl (C=O) groups excluding carboxylic acids is 2. The number of rotatable bonds is 8. The number of amides is 2. The van der Waals surface area contributed by atoms with E-state index in [2.05, 4.69) is 20.5 Å². The highest BCUT2D eigenvalue weighted by Gasteiger charge is 2.20. The molecule has 3 aromatic rings. The highest BCUT2D eigenvalue weighted by Crippen LogP contribution is 2.33. The molecule has 3 N–H and O–H groups in total. The van der Waals surface area contributed by atoms with E-state index in [1.54, 1.807) is 31.4 Å². The lowest BCUT2D eigenvalue weighted by Gasteiger charge is -2.11. The first kappa shape index (κ1) is 22.6. The van der Waals surface area contributed by atoms with Gasteiger partial charge >= 0.3 is 0 Å². The third-order valence-corrected chi connectivity index (χ3v) is 6.49. The average molecular weight is 467 g/mol. The van der Waals surface area contributed by atoms with Gasteiger partial charge in [-0.3, -0.25) is 9.59 Å². The Kier molecular flexibility index (Phi) is 7.09. The van der Waals surface area contributed by atoms with E-state index in [0.717, 1.165) is 42.4 Å². The van der Waals surface area contributed by atoms with Gasteiger partial charge < -0.3 is 25.4 Å². The molecule has 1 aromatic heterocycles. The Balaban J connectivity index is 1.29. The van der Waals surface area contributed by atoms with Gasteiger partial charge in [0.25, 0.3) is 5.91 Å². The van der Waals surface area contributed by atoms with E-state index in [4.69, 9.17) is 4.74 Å². The van der Waals surface area contributed by atoms with Crippen LogP contribution in [0.3, 0.4) is 0 Å². The second-order valence-electron chi connectivity index (χ2n) is 7.77. The summed E-state index contributed by atoms with van der Waals surface area (Å²) in [5.74, 6) is 0.192. The maximum Gasteiger partial charge on any atom is 0.251 e. The number of methoxy groups -OCH3 is 1. The molecule has 0 atom stereocenters. The van der Waals surface area contributed by atoms with Crippen molar-refractivity contribution in [1.29, 1.82) is 0 Å². The van der Waals surface area contributed by atoms with E-state index in [-0.39, 0.29) is 24.1 Å². The van der Waals surface area contributed by atoms with Crippen LogP contribution >= 0.6 is 11.3 Å². The molecule has 4 rings (SSSR count). The quantitative estimate of drug-likeness (QED) is 0.469. The van der Waals surface area contributed by atoms with Crippen molar-refractivity contribution in [2.24, 2.45) is 0 Å². The van der Waals surface area contributed by atoms with Gasteiger partial charge in [0.1, 0.15) is 5.75 Å². The fourth-order valence-corrected chi connectivity index (χ4v) is 4.62. The van der Waals surface area contributed by atoms with Crippen LogP contribution in [0, 0.1) is 0 Å². The van der Waals surface area contributed by atoms with Crippen LogP contribution in [0.15, 0.2) is 48.5 Å². The number of ether oxygens (including phenoxy) is 1. The van der Waals surface area contributed by atoms with Crippen molar-refractivity contribution in [2.45, 2.75) is 25.8 Å². The van der Waals surface area contributed by atoms with E-state index in [9.17, 15) is 14.7 Å². The van der Waals surface area contributed by atoms with Crippen molar-refractivity contribution in [3.8, 4) is 11.6 Å². The zero-order chi connectivity index (χ0) is 23.2. The molecule has 8 nitrogen and oxygen atoms in total. The van der Waals surface area contributed by atoms with Gasteiger partial charge in [-0.2, -0.15) is 4.98 Å². The molecule has 0 radical (unpaired) electrons. The third-order valence-electron chi connectivity index (χ3n) is 5.38. The third kappa shape index (κ3) is 5.81. The average Bonchev–Trinajstić information content (AvgIpc) is 3.48. The van der Waals surface area contributed by atoms with Gasteiger partial charge in [-0.05, 0) is 54.8 Å². The van der Waals surface area contributed by atoms with Crippen molar-refractivity contribution in [3.63, 3.8) is 0 Å². The molecule has 1 aliphatic heterocycles. The Morgan fingerprint density at radius 2 is 1.91 bits per heavy atom. The molecular formula is C24H26N4O4S. The summed E-state index contributed by atoms with van der Waals surface area (Å²) in [6.07, 6.45) is 2.27. The molecule has 1 saturated heterocycles. The van der Waals surface area contributed by atoms with Gasteiger partial charge in [-0.25, -0.2) is 0 Å². The van der Waals surface area contributed by atoms with Crippen LogP contribution < -0.4 is 20.3 Å². The molecule has 2 amide bonds. The zero-order valence-corrected chi connectivity index (χ0v) is 19.2. The van der Waals surface area contributed by atoms with Crippen molar-refractivity contribution in [3.05, 3.63) is 64.5 Å². The number of carbonyl (C=O) groups is 2. The summed E-state index contributed by atoms with van der Waals surface area (Å²) in [6, 6.07) is 14.2. The first-order valence-corrected chi connectivity index (χ1v) is 11.6. The lowest BCUT2D eigenvalue weighted by Crippen LogP contribution is -2.22. The van der Waals surface area contributed by atoms with Gasteiger partial charge in [-0.15, -0.1) is 0 Å². The molecule has 1 aliphatic rings. The molecule has 1 fully saturated rings. The SMILES string of the molecule is COc1cccc(CNC(=O)c2ccc(NC(=O)Cc3sc(N4CCCC4)nc3O)cc2)c1. The van der Waals surface area contributed by atoms with Crippen molar-refractivity contribution >= 4 is 34.0 Å². The standard InChI is InChI=1S/C24H26N4O4S/c1-32-19-6-4-5-16(13-19)15-25-22(30)17-7-9-18(10-8-17)26-21(29)14-20-23(31)27-24(33-20)28-11-2-3-12-28/h4-10,13,31H,2-3,11-12,14-15H2,1H3,(H,25,30)(H,26,29). The molecule has 0 saturated carbocycles. The maximum absolute atomic E-state index is 12.4. The van der Waals surface area contributed by atoms with Crippen LogP contribution in [0.25, 0.3) is 0 Å². The summed E-state index contributed by atoms with van der Waals surface area (Å²) in [5.41, 5.74) is 2.00. The number of aromatic nitrogens is 1. The topological polar surface area (TPSA) is 104 Å². The summed E-state index contributed by atoms with van der Waals surface area (Å²) in [7, 11) is 1.60. The van der Waals surface area contributed by atoms with Gasteiger partial charge in [0.05, 0.1) is 18.4 Å². The molecule has 0 bridgehead atoms. The minimum atomic E-state index is -0.253. The number of thiazole rings is 1. The van der Waals surface area contributed by atoms with E-state index in [1.165, 1.54) is 11.3 Å². The molecular weight excluding hydrogens is 440 g/mol. The van der Waals surface area contributed by atoms with Gasteiger partial charge in [0.15, 0.2) is 5.13 Å². The summed E-state index contributed by atoms with van der Waals surface area (Å²) in [6.45, 7) is 2.24. The van der Waals surface area contributed by atoms with E-state index in [0.29, 0.717) is 22.7 Å². The smallest absolute Gasteiger partial charge is 0.251 e. The molecule has 0 unspecified atom stereocenters. The predicted octanol–water partition coefficient (Wildman–Crippen LogP) is 3.57. The normalized spacial score (nSPS) is 13.1. The van der Waals surface area contributed by atoms with Crippen molar-refractivity contribution in [2.75, 3.05) is 30.4 Å². The van der Waals surface area contributed by atoms with Crippen LogP contribution in [0.2, 0.25) is 0 Å². The predicted molar refractivity (Wildman–Crippen MR) is 128 cm³/mol. The lowest BCUT2D eigenvalue weighted by molar-refractivity contribution is -0.115. The number of nitrogens with one attached hydrogen (secondary N) is 2. The van der Waals surface area contributed by atoms with Gasteiger partial charge in [-0.1, -0.05) is 23.5 Å². The van der Waals surface area contributed by atoms with Crippen LogP contribution in [-0.2, 0) is 17.8 Å². The number of hydrogen-bond donors (Lipinski definition) is 3. The summed E-state index contributed by atoms with van der Waals surface area (Å²) >= 11 is 1.35. The maximum atomic E-state index is 12.4. The van der Waals surface area contributed by atoms with E-state index < -0.39 is 0 Å². The Morgan fingerprint density at radius 3 is 2.64 bits per heavy atom. The molecule has 0 aliphatic carbocycles. The second kappa shape index (κ2) is 10.4. The van der Waals surface area contributed by atoms with Gasteiger partial charge in [0, 0.05) is 30.9 Å². The fourth-order valence-electron chi connectivity index (χ4n) is 3.61. The molecule has 33 heavy (non-hydrogen) atoms. The van der Waals surface area contributed by atoms with E-state index >= 15 is 0 Å².